The number of fused-ring (bicyclic) bond motifs is 1. The van der Waals surface area contributed by atoms with Crippen molar-refractivity contribution in [3.05, 3.63) is 56.0 Å². The third kappa shape index (κ3) is 2.07. The molecule has 1 aliphatic heterocycles. The molecule has 2 aromatic rings. The fourth-order valence-corrected chi connectivity index (χ4v) is 2.59. The molecule has 3 rings (SSSR count). The Morgan fingerprint density at radius 1 is 1.16 bits per heavy atom. The van der Waals surface area contributed by atoms with Gasteiger partial charge in [-0.2, -0.15) is 9.98 Å². The van der Waals surface area contributed by atoms with Crippen molar-refractivity contribution in [3.63, 3.8) is 0 Å². The number of hydrogen-bond donors (Lipinski definition) is 0. The first kappa shape index (κ1) is 12.4. The van der Waals surface area contributed by atoms with Crippen LogP contribution in [0, 0.1) is 16.3 Å². The van der Waals surface area contributed by atoms with Gasteiger partial charge in [0.25, 0.3) is 0 Å². The lowest BCUT2D eigenvalue weighted by Crippen LogP contribution is -2.25. The van der Waals surface area contributed by atoms with Crippen LogP contribution in [0.3, 0.4) is 0 Å². The van der Waals surface area contributed by atoms with Crippen molar-refractivity contribution in [1.29, 1.82) is 0 Å². The minimum atomic E-state index is -0.534. The van der Waals surface area contributed by atoms with Crippen molar-refractivity contribution < 1.29 is 9.18 Å². The standard InChI is InChI=1S/C14H8FIN2O/c1-7-2-5-11-13(18-14(19)17-11)12(7)9-4-3-8(16)6-10(9)15/h2-6H,1H3. The van der Waals surface area contributed by atoms with Crippen LogP contribution in [0.4, 0.5) is 9.18 Å². The summed E-state index contributed by atoms with van der Waals surface area (Å²) in [6.45, 7) is 1.87. The van der Waals surface area contributed by atoms with Crippen molar-refractivity contribution in [1.82, 2.24) is 0 Å². The summed E-state index contributed by atoms with van der Waals surface area (Å²) in [6.07, 6.45) is 0. The second-order valence-electron chi connectivity index (χ2n) is 4.26. The van der Waals surface area contributed by atoms with E-state index in [1.165, 1.54) is 6.07 Å². The fourth-order valence-electron chi connectivity index (χ4n) is 2.14. The Morgan fingerprint density at radius 2 is 1.95 bits per heavy atom. The van der Waals surface area contributed by atoms with E-state index in [1.54, 1.807) is 12.1 Å². The zero-order chi connectivity index (χ0) is 13.6. The van der Waals surface area contributed by atoms with Crippen LogP contribution in [0.2, 0.25) is 0 Å². The lowest BCUT2D eigenvalue weighted by Gasteiger charge is -2.07. The smallest absolute Gasteiger partial charge is 0.244 e. The first-order valence-corrected chi connectivity index (χ1v) is 6.70. The Hall–Kier alpha value is -1.63. The predicted molar refractivity (Wildman–Crippen MR) is 77.0 cm³/mol. The average Bonchev–Trinajstić information content (AvgIpc) is 2.71. The lowest BCUT2D eigenvalue weighted by molar-refractivity contribution is 0.256. The summed E-state index contributed by atoms with van der Waals surface area (Å²) in [4.78, 5) is 19.0. The molecule has 94 valence electrons. The SMILES string of the molecule is Cc1ccc2c(c1-c1ccc(I)cc1F)=NC(=O)N=2. The molecule has 1 aliphatic rings. The molecular formula is C14H8FIN2O. The zero-order valence-corrected chi connectivity index (χ0v) is 12.1. The third-order valence-corrected chi connectivity index (χ3v) is 3.66. The van der Waals surface area contributed by atoms with E-state index in [9.17, 15) is 9.18 Å². The molecule has 3 nitrogen and oxygen atoms in total. The molecule has 0 unspecified atom stereocenters. The van der Waals surface area contributed by atoms with Crippen molar-refractivity contribution in [3.8, 4) is 11.1 Å². The predicted octanol–water partition coefficient (Wildman–Crippen LogP) is 2.78. The number of urea groups is 1. The fraction of sp³-hybridized carbons (Fsp3) is 0.0714. The van der Waals surface area contributed by atoms with E-state index in [-0.39, 0.29) is 5.82 Å². The summed E-state index contributed by atoms with van der Waals surface area (Å²) in [7, 11) is 0. The van der Waals surface area contributed by atoms with Gasteiger partial charge in [-0.15, -0.1) is 0 Å². The van der Waals surface area contributed by atoms with E-state index in [2.05, 4.69) is 32.6 Å². The van der Waals surface area contributed by atoms with Gasteiger partial charge in [-0.1, -0.05) is 12.1 Å². The van der Waals surface area contributed by atoms with Gasteiger partial charge in [-0.3, -0.25) is 0 Å². The Kier molecular flexibility index (Phi) is 2.93. The minimum Gasteiger partial charge on any atom is -0.244 e. The van der Waals surface area contributed by atoms with Gasteiger partial charge in [0, 0.05) is 14.7 Å². The van der Waals surface area contributed by atoms with E-state index >= 15 is 0 Å². The number of halogens is 2. The maximum Gasteiger partial charge on any atom is 0.368 e. The van der Waals surface area contributed by atoms with Gasteiger partial charge >= 0.3 is 6.03 Å². The van der Waals surface area contributed by atoms with Crippen molar-refractivity contribution in [2.45, 2.75) is 6.92 Å². The largest absolute Gasteiger partial charge is 0.368 e. The van der Waals surface area contributed by atoms with Crippen LogP contribution >= 0.6 is 22.6 Å². The lowest BCUT2D eigenvalue weighted by atomic mass is 9.99. The van der Waals surface area contributed by atoms with Crippen molar-refractivity contribution >= 4 is 28.6 Å². The van der Waals surface area contributed by atoms with E-state index < -0.39 is 6.03 Å². The molecule has 0 radical (unpaired) electrons. The molecule has 0 atom stereocenters. The van der Waals surface area contributed by atoms with Crippen LogP contribution in [0.5, 0.6) is 0 Å². The molecule has 0 aliphatic carbocycles. The first-order chi connectivity index (χ1) is 9.06. The summed E-state index contributed by atoms with van der Waals surface area (Å²) in [5.74, 6) is -0.321. The van der Waals surface area contributed by atoms with E-state index in [4.69, 9.17) is 0 Å². The van der Waals surface area contributed by atoms with Crippen molar-refractivity contribution in [2.24, 2.45) is 9.98 Å². The Morgan fingerprint density at radius 3 is 2.68 bits per heavy atom. The van der Waals surface area contributed by atoms with E-state index in [1.807, 2.05) is 19.1 Å². The van der Waals surface area contributed by atoms with Gasteiger partial charge in [0.2, 0.25) is 0 Å². The topological polar surface area (TPSA) is 41.8 Å². The molecule has 0 saturated heterocycles. The van der Waals surface area contributed by atoms with Gasteiger partial charge in [0.05, 0.1) is 5.36 Å². The Bertz CT molecular complexity index is 830. The van der Waals surface area contributed by atoms with Crippen LogP contribution in [-0.2, 0) is 0 Å². The van der Waals surface area contributed by atoms with Gasteiger partial charge in [-0.05, 0) is 53.3 Å². The molecule has 0 fully saturated rings. The highest BCUT2D eigenvalue weighted by molar-refractivity contribution is 14.1. The van der Waals surface area contributed by atoms with Crippen molar-refractivity contribution in [2.75, 3.05) is 0 Å². The number of rotatable bonds is 1. The quantitative estimate of drug-likeness (QED) is 0.716. The molecule has 19 heavy (non-hydrogen) atoms. The van der Waals surface area contributed by atoms with Gasteiger partial charge in [0.15, 0.2) is 0 Å². The molecular weight excluding hydrogens is 358 g/mol. The molecule has 5 heteroatoms. The zero-order valence-electron chi connectivity index (χ0n) is 9.95. The second-order valence-corrected chi connectivity index (χ2v) is 5.50. The molecule has 0 aromatic heterocycles. The number of aryl methyl sites for hydroxylation is 1. The number of nitrogens with zero attached hydrogens (tertiary/aromatic N) is 2. The monoisotopic (exact) mass is 366 g/mol. The average molecular weight is 366 g/mol. The Labute approximate surface area is 122 Å². The second kappa shape index (κ2) is 4.48. The van der Waals surface area contributed by atoms with Gasteiger partial charge in [-0.25, -0.2) is 9.18 Å². The summed E-state index contributed by atoms with van der Waals surface area (Å²) >= 11 is 2.05. The Balaban J connectivity index is 2.40. The summed E-state index contributed by atoms with van der Waals surface area (Å²) in [5.41, 5.74) is 1.96. The number of benzene rings is 2. The van der Waals surface area contributed by atoms with E-state index in [0.29, 0.717) is 21.8 Å². The molecule has 0 N–H and O–H groups in total. The van der Waals surface area contributed by atoms with Crippen LogP contribution in [-0.4, -0.2) is 6.03 Å². The van der Waals surface area contributed by atoms with Crippen LogP contribution in [0.1, 0.15) is 5.56 Å². The highest BCUT2D eigenvalue weighted by Crippen LogP contribution is 2.24. The molecule has 2 aromatic carbocycles. The van der Waals surface area contributed by atoms with Crippen LogP contribution in [0.25, 0.3) is 11.1 Å². The molecule has 0 saturated carbocycles. The number of amides is 2. The summed E-state index contributed by atoms with van der Waals surface area (Å²) < 4.78 is 14.9. The maximum atomic E-state index is 14.1. The minimum absolute atomic E-state index is 0.321. The molecule has 0 bridgehead atoms. The summed E-state index contributed by atoms with van der Waals surface area (Å²) in [5, 5.41) is 0.966. The first-order valence-electron chi connectivity index (χ1n) is 5.63. The maximum absolute atomic E-state index is 14.1. The summed E-state index contributed by atoms with van der Waals surface area (Å²) in [6, 6.07) is 8.01. The number of carbonyl (C=O) groups excluding carboxylic acids is 1. The highest BCUT2D eigenvalue weighted by atomic mass is 127. The number of hydrogen-bond acceptors (Lipinski definition) is 1. The van der Waals surface area contributed by atoms with Crippen LogP contribution in [0.15, 0.2) is 40.3 Å². The van der Waals surface area contributed by atoms with E-state index in [0.717, 1.165) is 9.13 Å². The van der Waals surface area contributed by atoms with Gasteiger partial charge < -0.3 is 0 Å². The van der Waals surface area contributed by atoms with Gasteiger partial charge in [0.1, 0.15) is 11.2 Å². The van der Waals surface area contributed by atoms with Crippen LogP contribution < -0.4 is 10.7 Å². The molecule has 2 amide bonds. The normalized spacial score (nSPS) is 12.9. The number of carbonyl (C=O) groups is 1. The molecule has 0 spiro atoms. The third-order valence-electron chi connectivity index (χ3n) is 2.99. The molecule has 1 heterocycles. The highest BCUT2D eigenvalue weighted by Gasteiger charge is 2.15.